The Bertz CT molecular complexity index is 1070. The SMILES string of the molecule is Cc1cc(=O)oc2cc(O[C@@H](C)C(=O)Nc3nnc([C@H]4CCCO4)s3)ccc12. The highest BCUT2D eigenvalue weighted by Gasteiger charge is 2.23. The molecule has 0 saturated carbocycles. The molecular formula is C19H19N3O5S. The maximum absolute atomic E-state index is 12.4. The lowest BCUT2D eigenvalue weighted by Gasteiger charge is -2.14. The van der Waals surface area contributed by atoms with Crippen LogP contribution in [0.3, 0.4) is 0 Å². The molecule has 8 nitrogen and oxygen atoms in total. The van der Waals surface area contributed by atoms with E-state index in [9.17, 15) is 9.59 Å². The number of rotatable bonds is 5. The molecule has 9 heteroatoms. The molecule has 1 saturated heterocycles. The number of hydrogen-bond acceptors (Lipinski definition) is 8. The van der Waals surface area contributed by atoms with Crippen molar-refractivity contribution >= 4 is 33.3 Å². The van der Waals surface area contributed by atoms with E-state index in [0.29, 0.717) is 16.5 Å². The Kier molecular flexibility index (Phi) is 5.10. The number of nitrogens with one attached hydrogen (secondary N) is 1. The van der Waals surface area contributed by atoms with Crippen LogP contribution in [0.25, 0.3) is 11.0 Å². The highest BCUT2D eigenvalue weighted by Crippen LogP contribution is 2.32. The van der Waals surface area contributed by atoms with Gasteiger partial charge in [0.2, 0.25) is 5.13 Å². The molecule has 2 atom stereocenters. The summed E-state index contributed by atoms with van der Waals surface area (Å²) in [7, 11) is 0. The molecule has 1 aliphatic rings. The lowest BCUT2D eigenvalue weighted by Crippen LogP contribution is -2.30. The number of nitrogens with zero attached hydrogens (tertiary/aromatic N) is 2. The van der Waals surface area contributed by atoms with Crippen LogP contribution in [0.2, 0.25) is 0 Å². The molecule has 0 unspecified atom stereocenters. The average molecular weight is 401 g/mol. The van der Waals surface area contributed by atoms with Crippen molar-refractivity contribution < 1.29 is 18.7 Å². The summed E-state index contributed by atoms with van der Waals surface area (Å²) < 4.78 is 16.5. The van der Waals surface area contributed by atoms with Crippen molar-refractivity contribution in [2.75, 3.05) is 11.9 Å². The first kappa shape index (κ1) is 18.6. The van der Waals surface area contributed by atoms with Crippen LogP contribution in [0.15, 0.2) is 33.5 Å². The molecule has 1 aliphatic heterocycles. The van der Waals surface area contributed by atoms with Crippen LogP contribution in [0, 0.1) is 6.92 Å². The Labute approximate surface area is 164 Å². The molecule has 0 spiro atoms. The van der Waals surface area contributed by atoms with E-state index < -0.39 is 11.7 Å². The standard InChI is InChI=1S/C19H19N3O5S/c1-10-8-16(23)27-15-9-12(5-6-13(10)15)26-11(2)17(24)20-19-22-21-18(28-19)14-4-3-7-25-14/h5-6,8-9,11,14H,3-4,7H2,1-2H3,(H,20,22,24)/t11-,14+/m0/s1. The number of anilines is 1. The van der Waals surface area contributed by atoms with Crippen molar-refractivity contribution in [3.8, 4) is 5.75 Å². The molecule has 146 valence electrons. The number of aryl methyl sites for hydroxylation is 1. The fraction of sp³-hybridized carbons (Fsp3) is 0.368. The van der Waals surface area contributed by atoms with E-state index in [0.717, 1.165) is 35.4 Å². The minimum absolute atomic E-state index is 0.0347. The van der Waals surface area contributed by atoms with Gasteiger partial charge >= 0.3 is 5.63 Å². The van der Waals surface area contributed by atoms with Crippen LogP contribution < -0.4 is 15.7 Å². The van der Waals surface area contributed by atoms with Gasteiger partial charge in [-0.1, -0.05) is 11.3 Å². The monoisotopic (exact) mass is 401 g/mol. The number of carbonyl (C=O) groups excluding carboxylic acids is 1. The summed E-state index contributed by atoms with van der Waals surface area (Å²) in [5, 5.41) is 12.8. The minimum Gasteiger partial charge on any atom is -0.481 e. The number of benzene rings is 1. The molecule has 2 aromatic heterocycles. The third kappa shape index (κ3) is 3.90. The quantitative estimate of drug-likeness (QED) is 0.655. The maximum atomic E-state index is 12.4. The molecule has 28 heavy (non-hydrogen) atoms. The summed E-state index contributed by atoms with van der Waals surface area (Å²) in [6.45, 7) is 4.19. The van der Waals surface area contributed by atoms with Crippen LogP contribution in [-0.4, -0.2) is 28.8 Å². The Balaban J connectivity index is 1.43. The van der Waals surface area contributed by atoms with E-state index in [1.807, 2.05) is 6.92 Å². The van der Waals surface area contributed by atoms with Gasteiger partial charge in [-0.05, 0) is 44.4 Å². The molecule has 0 radical (unpaired) electrons. The summed E-state index contributed by atoms with van der Waals surface area (Å²) in [6, 6.07) is 6.58. The smallest absolute Gasteiger partial charge is 0.336 e. The summed E-state index contributed by atoms with van der Waals surface area (Å²) in [5.41, 5.74) is 0.814. The van der Waals surface area contributed by atoms with Crippen LogP contribution in [-0.2, 0) is 9.53 Å². The van der Waals surface area contributed by atoms with E-state index in [-0.39, 0.29) is 12.0 Å². The van der Waals surface area contributed by atoms with Gasteiger partial charge in [0.25, 0.3) is 5.91 Å². The molecule has 3 aromatic rings. The highest BCUT2D eigenvalue weighted by atomic mass is 32.1. The summed E-state index contributed by atoms with van der Waals surface area (Å²) in [6.07, 6.45) is 1.11. The molecule has 1 aromatic carbocycles. The van der Waals surface area contributed by atoms with Crippen molar-refractivity contribution in [1.29, 1.82) is 0 Å². The molecular weight excluding hydrogens is 382 g/mol. The van der Waals surface area contributed by atoms with Crippen molar-refractivity contribution in [3.05, 3.63) is 45.3 Å². The van der Waals surface area contributed by atoms with Gasteiger partial charge in [-0.3, -0.25) is 10.1 Å². The van der Waals surface area contributed by atoms with Gasteiger partial charge in [-0.2, -0.15) is 0 Å². The number of ether oxygens (including phenoxy) is 2. The Morgan fingerprint density at radius 1 is 1.36 bits per heavy atom. The summed E-state index contributed by atoms with van der Waals surface area (Å²) in [5.74, 6) is 0.0852. The van der Waals surface area contributed by atoms with Crippen LogP contribution >= 0.6 is 11.3 Å². The summed E-state index contributed by atoms with van der Waals surface area (Å²) >= 11 is 1.30. The van der Waals surface area contributed by atoms with E-state index in [1.165, 1.54) is 17.4 Å². The zero-order valence-electron chi connectivity index (χ0n) is 15.4. The van der Waals surface area contributed by atoms with Crippen LogP contribution in [0.1, 0.15) is 36.4 Å². The first-order chi connectivity index (χ1) is 13.5. The van der Waals surface area contributed by atoms with Gasteiger partial charge in [0.05, 0.1) is 0 Å². The third-order valence-corrected chi connectivity index (χ3v) is 5.41. The number of fused-ring (bicyclic) bond motifs is 1. The Morgan fingerprint density at radius 2 is 2.21 bits per heavy atom. The van der Waals surface area contributed by atoms with Gasteiger partial charge in [-0.25, -0.2) is 4.79 Å². The van der Waals surface area contributed by atoms with Crippen molar-refractivity contribution in [1.82, 2.24) is 10.2 Å². The van der Waals surface area contributed by atoms with E-state index in [1.54, 1.807) is 25.1 Å². The van der Waals surface area contributed by atoms with E-state index >= 15 is 0 Å². The average Bonchev–Trinajstić information content (AvgIpc) is 3.32. The van der Waals surface area contributed by atoms with Gasteiger partial charge in [0, 0.05) is 24.1 Å². The van der Waals surface area contributed by atoms with Crippen molar-refractivity contribution in [2.24, 2.45) is 0 Å². The van der Waals surface area contributed by atoms with E-state index in [2.05, 4.69) is 15.5 Å². The second-order valence-corrected chi connectivity index (χ2v) is 7.61. The van der Waals surface area contributed by atoms with Crippen LogP contribution in [0.5, 0.6) is 5.75 Å². The fourth-order valence-electron chi connectivity index (χ4n) is 3.03. The van der Waals surface area contributed by atoms with Crippen LogP contribution in [0.4, 0.5) is 5.13 Å². The lowest BCUT2D eigenvalue weighted by molar-refractivity contribution is -0.122. The molecule has 0 bridgehead atoms. The van der Waals surface area contributed by atoms with Gasteiger partial charge < -0.3 is 13.9 Å². The second-order valence-electron chi connectivity index (χ2n) is 6.60. The molecule has 1 amide bonds. The largest absolute Gasteiger partial charge is 0.481 e. The molecule has 1 N–H and O–H groups in total. The molecule has 0 aliphatic carbocycles. The van der Waals surface area contributed by atoms with Gasteiger partial charge in [-0.15, -0.1) is 10.2 Å². The zero-order chi connectivity index (χ0) is 19.7. The highest BCUT2D eigenvalue weighted by molar-refractivity contribution is 7.15. The minimum atomic E-state index is -0.774. The third-order valence-electron chi connectivity index (χ3n) is 4.48. The first-order valence-electron chi connectivity index (χ1n) is 8.96. The first-order valence-corrected chi connectivity index (χ1v) is 9.78. The van der Waals surface area contributed by atoms with E-state index in [4.69, 9.17) is 13.9 Å². The van der Waals surface area contributed by atoms with Gasteiger partial charge in [0.1, 0.15) is 22.4 Å². The predicted octanol–water partition coefficient (Wildman–Crippen LogP) is 3.21. The Hall–Kier alpha value is -2.78. The number of aromatic nitrogens is 2. The zero-order valence-corrected chi connectivity index (χ0v) is 16.2. The fourth-order valence-corrected chi connectivity index (χ4v) is 3.86. The lowest BCUT2D eigenvalue weighted by atomic mass is 10.1. The molecule has 3 heterocycles. The van der Waals surface area contributed by atoms with Gasteiger partial charge in [0.15, 0.2) is 6.10 Å². The maximum Gasteiger partial charge on any atom is 0.336 e. The number of carbonyl (C=O) groups is 1. The number of amides is 1. The number of hydrogen-bond donors (Lipinski definition) is 1. The second kappa shape index (κ2) is 7.69. The van der Waals surface area contributed by atoms with Crippen molar-refractivity contribution in [3.63, 3.8) is 0 Å². The molecule has 1 fully saturated rings. The topological polar surface area (TPSA) is 104 Å². The normalized spacial score (nSPS) is 17.6. The van der Waals surface area contributed by atoms with Crippen molar-refractivity contribution in [2.45, 2.75) is 38.9 Å². The summed E-state index contributed by atoms with van der Waals surface area (Å²) in [4.78, 5) is 24.0. The predicted molar refractivity (Wildman–Crippen MR) is 104 cm³/mol. The Morgan fingerprint density at radius 3 is 3.00 bits per heavy atom. The molecule has 4 rings (SSSR count).